The van der Waals surface area contributed by atoms with Gasteiger partial charge in [0.2, 0.25) is 5.91 Å². The minimum absolute atomic E-state index is 0.0840. The monoisotopic (exact) mass is 989 g/mol. The first kappa shape index (κ1) is 61.1. The lowest BCUT2D eigenvalue weighted by Gasteiger charge is -2.23. The molecule has 3 aromatic carbocycles. The number of methoxy groups -OCH3 is 1. The van der Waals surface area contributed by atoms with Crippen LogP contribution in [0.1, 0.15) is 175 Å². The molecule has 0 radical (unpaired) electrons. The number of nitrogens with one attached hydrogen (secondary N) is 1. The molecule has 1 amide bonds. The van der Waals surface area contributed by atoms with E-state index in [0.29, 0.717) is 6.42 Å². The number of halogens is 2. The second kappa shape index (κ2) is 25.9. The van der Waals surface area contributed by atoms with Gasteiger partial charge in [0.15, 0.2) is 0 Å². The number of benzene rings is 3. The predicted molar refractivity (Wildman–Crippen MR) is 303 cm³/mol. The number of hydrogen-bond acceptors (Lipinski definition) is 5. The molecule has 7 rings (SSSR count). The molecule has 1 aliphatic rings. The summed E-state index contributed by atoms with van der Waals surface area (Å²) >= 11 is 12.0. The Morgan fingerprint density at radius 2 is 1.10 bits per heavy atom. The van der Waals surface area contributed by atoms with Crippen molar-refractivity contribution in [2.45, 2.75) is 177 Å². The number of hydrogen-bond donors (Lipinski definition) is 1. The van der Waals surface area contributed by atoms with E-state index in [1.807, 2.05) is 68.1 Å². The average molecular weight is 990 g/mol. The lowest BCUT2D eigenvalue weighted by molar-refractivity contribution is -0.115. The van der Waals surface area contributed by atoms with Crippen molar-refractivity contribution < 1.29 is 9.53 Å². The van der Waals surface area contributed by atoms with E-state index >= 15 is 0 Å². The summed E-state index contributed by atoms with van der Waals surface area (Å²) in [5.74, 6) is 0.971. The Balaban J connectivity index is 0.000000290. The molecule has 0 atom stereocenters. The molecule has 3 aromatic heterocycles. The van der Waals surface area contributed by atoms with E-state index < -0.39 is 0 Å². The highest BCUT2D eigenvalue weighted by Gasteiger charge is 2.22. The summed E-state index contributed by atoms with van der Waals surface area (Å²) in [4.78, 5) is 23.4. The molecule has 0 unspecified atom stereocenters. The topological polar surface area (TPSA) is 77.0 Å². The van der Waals surface area contributed by atoms with E-state index in [2.05, 4.69) is 206 Å². The van der Waals surface area contributed by atoms with Gasteiger partial charge in [-0.15, -0.1) is 0 Å². The van der Waals surface area contributed by atoms with Gasteiger partial charge in [0.05, 0.1) is 13.5 Å². The fraction of sp³-hybridized carbons (Fsp3) is 0.452. The molecule has 1 aliphatic heterocycles. The molecular weight excluding hydrogens is 904 g/mol. The Bertz CT molecular complexity index is 2400. The third-order valence-corrected chi connectivity index (χ3v) is 12.0. The molecule has 6 aromatic rings. The van der Waals surface area contributed by atoms with Crippen molar-refractivity contribution in [3.63, 3.8) is 0 Å². The van der Waals surface area contributed by atoms with Crippen LogP contribution in [-0.2, 0) is 43.7 Å². The van der Waals surface area contributed by atoms with E-state index in [0.717, 1.165) is 38.3 Å². The Labute approximate surface area is 434 Å². The number of aromatic nitrogens is 3. The molecule has 0 saturated heterocycles. The number of fused-ring (bicyclic) bond motifs is 1. The van der Waals surface area contributed by atoms with Gasteiger partial charge in [-0.3, -0.25) is 19.7 Å². The minimum Gasteiger partial charge on any atom is -0.496 e. The second-order valence-electron chi connectivity index (χ2n) is 24.1. The van der Waals surface area contributed by atoms with E-state index in [1.54, 1.807) is 13.3 Å². The summed E-state index contributed by atoms with van der Waals surface area (Å²) in [5.41, 5.74) is 13.1. The van der Waals surface area contributed by atoms with Gasteiger partial charge in [0, 0.05) is 57.8 Å². The Kier molecular flexibility index (Phi) is 22.6. The summed E-state index contributed by atoms with van der Waals surface area (Å²) in [7, 11) is 1.68. The van der Waals surface area contributed by atoms with Crippen molar-refractivity contribution in [1.29, 1.82) is 0 Å². The third kappa shape index (κ3) is 21.1. The van der Waals surface area contributed by atoms with E-state index in [4.69, 9.17) is 27.9 Å². The first-order chi connectivity index (χ1) is 32.0. The van der Waals surface area contributed by atoms with Gasteiger partial charge in [-0.25, -0.2) is 0 Å². The molecule has 0 bridgehead atoms. The number of anilines is 1. The Morgan fingerprint density at radius 1 is 0.514 bits per heavy atom. The van der Waals surface area contributed by atoms with Crippen LogP contribution in [0.2, 0.25) is 10.0 Å². The molecule has 0 spiro atoms. The third-order valence-electron chi connectivity index (χ3n) is 11.4. The molecule has 0 saturated carbocycles. The molecular formula is C62H86Cl2N4O2. The summed E-state index contributed by atoms with van der Waals surface area (Å²) in [6.07, 6.45) is 9.75. The van der Waals surface area contributed by atoms with Crippen molar-refractivity contribution >= 4 is 34.8 Å². The fourth-order valence-electron chi connectivity index (χ4n) is 6.97. The quantitative estimate of drug-likeness (QED) is 0.178. The van der Waals surface area contributed by atoms with Crippen molar-refractivity contribution in [3.8, 4) is 5.75 Å². The van der Waals surface area contributed by atoms with Gasteiger partial charge >= 0.3 is 0 Å². The Morgan fingerprint density at radius 3 is 1.51 bits per heavy atom. The number of carbonyl (C=O) groups excluding carboxylic acids is 1. The zero-order valence-electron chi connectivity index (χ0n) is 46.7. The van der Waals surface area contributed by atoms with Gasteiger partial charge in [0.1, 0.15) is 5.75 Å². The van der Waals surface area contributed by atoms with Crippen molar-refractivity contribution in [2.75, 3.05) is 12.4 Å². The number of ether oxygens (including phenoxy) is 1. The highest BCUT2D eigenvalue weighted by Crippen LogP contribution is 2.35. The molecule has 4 heterocycles. The number of carbonyl (C=O) groups is 1. The van der Waals surface area contributed by atoms with Crippen LogP contribution in [0.3, 0.4) is 0 Å². The van der Waals surface area contributed by atoms with Crippen molar-refractivity contribution in [2.24, 2.45) is 0 Å². The van der Waals surface area contributed by atoms with Gasteiger partial charge in [-0.1, -0.05) is 184 Å². The molecule has 380 valence electrons. The lowest BCUT2D eigenvalue weighted by atomic mass is 9.84. The fourth-order valence-corrected chi connectivity index (χ4v) is 7.29. The number of nitrogens with zero attached hydrogens (tertiary/aromatic N) is 3. The Hall–Kier alpha value is -5.04. The SMILES string of the molecule is CC(C)(C)c1ccc2c(c1)NC(=O)C2.CC(C)(C)c1ccccn1.CC(C)(C)c1cccnc1.CC(C)(C)c1ccncc1.COc1cc(Cl)c(C)cc1C(C)(C)C.Cc1ccc(Cl)cc1C(C)(C)C. The molecule has 1 N–H and O–H groups in total. The maximum atomic E-state index is 11.1. The van der Waals surface area contributed by atoms with Crippen LogP contribution in [0, 0.1) is 13.8 Å². The summed E-state index contributed by atoms with van der Waals surface area (Å²) in [6.45, 7) is 43.4. The minimum atomic E-state index is 0.0840. The molecule has 8 heteroatoms. The van der Waals surface area contributed by atoms with Crippen LogP contribution in [0.25, 0.3) is 0 Å². The van der Waals surface area contributed by atoms with E-state index in [9.17, 15) is 4.79 Å². The van der Waals surface area contributed by atoms with Crippen LogP contribution >= 0.6 is 23.2 Å². The zero-order chi connectivity index (χ0) is 53.5. The molecule has 0 fully saturated rings. The average Bonchev–Trinajstić information content (AvgIpc) is 3.65. The van der Waals surface area contributed by atoms with Gasteiger partial charge in [0.25, 0.3) is 0 Å². The molecule has 6 nitrogen and oxygen atoms in total. The molecule has 70 heavy (non-hydrogen) atoms. The van der Waals surface area contributed by atoms with E-state index in [1.165, 1.54) is 33.4 Å². The maximum Gasteiger partial charge on any atom is 0.228 e. The van der Waals surface area contributed by atoms with Crippen molar-refractivity contribution in [1.82, 2.24) is 15.0 Å². The van der Waals surface area contributed by atoms with Gasteiger partial charge in [-0.2, -0.15) is 0 Å². The summed E-state index contributed by atoms with van der Waals surface area (Å²) in [5, 5.41) is 4.45. The summed E-state index contributed by atoms with van der Waals surface area (Å²) < 4.78 is 5.32. The van der Waals surface area contributed by atoms with Crippen LogP contribution in [0.5, 0.6) is 5.75 Å². The number of amides is 1. The highest BCUT2D eigenvalue weighted by atomic mass is 35.5. The first-order valence-electron chi connectivity index (χ1n) is 24.3. The number of aryl methyl sites for hydroxylation is 2. The van der Waals surface area contributed by atoms with Crippen LogP contribution in [0.4, 0.5) is 5.69 Å². The van der Waals surface area contributed by atoms with Crippen LogP contribution in [-0.4, -0.2) is 28.0 Å². The van der Waals surface area contributed by atoms with Gasteiger partial charge in [-0.05, 0) is 140 Å². The predicted octanol–water partition coefficient (Wildman–Crippen LogP) is 17.5. The van der Waals surface area contributed by atoms with Gasteiger partial charge < -0.3 is 10.1 Å². The first-order valence-corrected chi connectivity index (χ1v) is 25.1. The van der Waals surface area contributed by atoms with Crippen LogP contribution < -0.4 is 10.1 Å². The zero-order valence-corrected chi connectivity index (χ0v) is 48.2. The molecule has 0 aliphatic carbocycles. The van der Waals surface area contributed by atoms with E-state index in [-0.39, 0.29) is 38.4 Å². The second-order valence-corrected chi connectivity index (χ2v) is 24.9. The largest absolute Gasteiger partial charge is 0.496 e. The maximum absolute atomic E-state index is 11.1. The smallest absolute Gasteiger partial charge is 0.228 e. The summed E-state index contributed by atoms with van der Waals surface area (Å²) in [6, 6.07) is 30.5. The van der Waals surface area contributed by atoms with Crippen LogP contribution in [0.15, 0.2) is 122 Å². The number of rotatable bonds is 1. The lowest BCUT2D eigenvalue weighted by Crippen LogP contribution is -2.13. The van der Waals surface area contributed by atoms with Crippen molar-refractivity contribution in [3.05, 3.63) is 182 Å². The standard InChI is InChI=1S/C12H17ClO.C12H15NO.C11H15Cl.3C9H13N/c1-8-6-9(12(2,3)4)11(14-5)7-10(8)13;1-12(2,3)9-5-4-8-6-11(14)13-10(8)7-9;1-8-5-6-9(12)7-10(8)11(2,3)4;1-9(2,3)8-4-6-10-7-5-8;1-9(2,3)8-5-4-6-10-7-8;1-9(2,3)8-6-4-5-7-10-8/h6-7H,1-5H3;4-5,7H,6H2,1-3H3,(H,13,14);5-7H,1-4H3;3*4-7H,1-3H3. The number of pyridine rings is 3. The normalized spacial score (nSPS) is 12.3. The highest BCUT2D eigenvalue weighted by molar-refractivity contribution is 6.31.